The molecule has 0 saturated carbocycles. The Morgan fingerprint density at radius 3 is 2.68 bits per heavy atom. The predicted molar refractivity (Wildman–Crippen MR) is 89.3 cm³/mol. The van der Waals surface area contributed by atoms with Gasteiger partial charge in [-0.05, 0) is 31.5 Å². The van der Waals surface area contributed by atoms with Crippen molar-refractivity contribution in [2.24, 2.45) is 0 Å². The average Bonchev–Trinajstić information content (AvgIpc) is 2.46. The second-order valence-electron chi connectivity index (χ2n) is 4.48. The molecule has 1 heterocycles. The molecule has 0 bridgehead atoms. The van der Waals surface area contributed by atoms with E-state index in [2.05, 4.69) is 25.9 Å². The Bertz CT molecular complexity index is 729. The minimum atomic E-state index is -0.470. The van der Waals surface area contributed by atoms with Crippen LogP contribution >= 0.6 is 27.7 Å². The van der Waals surface area contributed by atoms with E-state index < -0.39 is 11.7 Å². The molecule has 1 N–H and O–H groups in total. The number of benzene rings is 1. The number of hydrogen-bond donors (Lipinski definition) is 1. The van der Waals surface area contributed by atoms with E-state index in [1.165, 1.54) is 11.8 Å². The van der Waals surface area contributed by atoms with Gasteiger partial charge in [-0.1, -0.05) is 28.1 Å². The Kier molecular flexibility index (Phi) is 5.79. The number of nitrogens with zero attached hydrogens (tertiary/aromatic N) is 1. The Hall–Kier alpha value is -1.60. The average molecular weight is 383 g/mol. The summed E-state index contributed by atoms with van der Waals surface area (Å²) in [6.45, 7) is 3.67. The van der Waals surface area contributed by atoms with Gasteiger partial charge < -0.3 is 9.72 Å². The van der Waals surface area contributed by atoms with Gasteiger partial charge in [-0.15, -0.1) is 11.8 Å². The number of hydrogen-bond acceptors (Lipinski definition) is 5. The maximum Gasteiger partial charge on any atom is 0.346 e. The first kappa shape index (κ1) is 16.8. The lowest BCUT2D eigenvalue weighted by Crippen LogP contribution is -2.19. The predicted octanol–water partition coefficient (Wildman–Crippen LogP) is 3.31. The number of esters is 1. The number of rotatable bonds is 5. The topological polar surface area (TPSA) is 72.0 Å². The molecule has 1 aromatic heterocycles. The van der Waals surface area contributed by atoms with Crippen LogP contribution in [0.3, 0.4) is 0 Å². The maximum atomic E-state index is 12.0. The molecule has 0 radical (unpaired) electrons. The number of ether oxygens (including phenoxy) is 1. The number of halogens is 1. The number of H-pyrrole nitrogens is 1. The molecule has 2 rings (SSSR count). The highest BCUT2D eigenvalue weighted by Crippen LogP contribution is 2.26. The largest absolute Gasteiger partial charge is 0.462 e. The number of nitrogens with one attached hydrogen (secondary N) is 1. The van der Waals surface area contributed by atoms with E-state index in [1.807, 2.05) is 24.3 Å². The van der Waals surface area contributed by atoms with E-state index >= 15 is 0 Å². The highest BCUT2D eigenvalue weighted by Gasteiger charge is 2.19. The van der Waals surface area contributed by atoms with Crippen LogP contribution in [0.2, 0.25) is 0 Å². The number of aryl methyl sites for hydroxylation is 1. The molecule has 0 spiro atoms. The lowest BCUT2D eigenvalue weighted by atomic mass is 10.2. The van der Waals surface area contributed by atoms with Crippen LogP contribution in [0, 0.1) is 6.92 Å². The smallest absolute Gasteiger partial charge is 0.346 e. The number of aromatic nitrogens is 2. The summed E-state index contributed by atoms with van der Waals surface area (Å²) in [6.07, 6.45) is 0. The molecule has 0 aliphatic rings. The zero-order chi connectivity index (χ0) is 16.1. The van der Waals surface area contributed by atoms with Crippen LogP contribution < -0.4 is 5.69 Å². The first-order chi connectivity index (χ1) is 10.5. The van der Waals surface area contributed by atoms with E-state index in [-0.39, 0.29) is 6.61 Å². The van der Waals surface area contributed by atoms with Crippen LogP contribution in [-0.2, 0) is 10.5 Å². The molecule has 7 heteroatoms. The van der Waals surface area contributed by atoms with E-state index in [9.17, 15) is 9.59 Å². The van der Waals surface area contributed by atoms with Crippen molar-refractivity contribution in [2.45, 2.75) is 24.6 Å². The van der Waals surface area contributed by atoms with Gasteiger partial charge in [0.05, 0.1) is 6.61 Å². The summed E-state index contributed by atoms with van der Waals surface area (Å²) in [4.78, 5) is 30.1. The summed E-state index contributed by atoms with van der Waals surface area (Å²) in [5, 5.41) is 0.391. The molecule has 0 fully saturated rings. The molecule has 0 unspecified atom stereocenters. The van der Waals surface area contributed by atoms with Crippen molar-refractivity contribution in [1.29, 1.82) is 0 Å². The monoisotopic (exact) mass is 382 g/mol. The molecular weight excluding hydrogens is 368 g/mol. The van der Waals surface area contributed by atoms with Crippen molar-refractivity contribution in [3.63, 3.8) is 0 Å². The van der Waals surface area contributed by atoms with E-state index in [0.29, 0.717) is 22.0 Å². The Morgan fingerprint density at radius 2 is 2.05 bits per heavy atom. The second-order valence-corrected chi connectivity index (χ2v) is 6.36. The molecule has 116 valence electrons. The maximum absolute atomic E-state index is 12.0. The molecule has 1 aromatic carbocycles. The van der Waals surface area contributed by atoms with Crippen LogP contribution in [-0.4, -0.2) is 22.5 Å². The quantitative estimate of drug-likeness (QED) is 0.487. The Labute approximate surface area is 140 Å². The highest BCUT2D eigenvalue weighted by molar-refractivity contribution is 9.10. The molecule has 0 atom stereocenters. The fourth-order valence-electron chi connectivity index (χ4n) is 1.84. The number of carbonyl (C=O) groups is 1. The van der Waals surface area contributed by atoms with E-state index in [1.54, 1.807) is 13.8 Å². The van der Waals surface area contributed by atoms with Gasteiger partial charge in [0, 0.05) is 15.9 Å². The van der Waals surface area contributed by atoms with Crippen molar-refractivity contribution in [3.05, 3.63) is 56.0 Å². The number of carbonyl (C=O) groups excluding carboxylic acids is 1. The molecule has 22 heavy (non-hydrogen) atoms. The molecule has 0 aliphatic carbocycles. The lowest BCUT2D eigenvalue weighted by molar-refractivity contribution is 0.0519. The van der Waals surface area contributed by atoms with Gasteiger partial charge >= 0.3 is 11.7 Å². The molecule has 2 aromatic rings. The van der Waals surface area contributed by atoms with Crippen molar-refractivity contribution in [2.75, 3.05) is 6.61 Å². The van der Waals surface area contributed by atoms with Gasteiger partial charge in [-0.3, -0.25) is 0 Å². The van der Waals surface area contributed by atoms with Crippen LogP contribution in [0.15, 0.2) is 38.6 Å². The summed E-state index contributed by atoms with van der Waals surface area (Å²) < 4.78 is 6.04. The van der Waals surface area contributed by atoms with Crippen molar-refractivity contribution in [3.8, 4) is 0 Å². The Balaban J connectivity index is 2.27. The summed E-state index contributed by atoms with van der Waals surface area (Å²) in [6, 6.07) is 7.83. The first-order valence-electron chi connectivity index (χ1n) is 6.66. The molecular formula is C15H15BrN2O3S. The minimum absolute atomic E-state index is 0.272. The third-order valence-corrected chi connectivity index (χ3v) is 4.43. The highest BCUT2D eigenvalue weighted by atomic mass is 79.9. The third kappa shape index (κ3) is 4.20. The number of thioether (sulfide) groups is 1. The van der Waals surface area contributed by atoms with Crippen molar-refractivity contribution >= 4 is 33.7 Å². The fourth-order valence-corrected chi connectivity index (χ4v) is 3.13. The van der Waals surface area contributed by atoms with Crippen LogP contribution in [0.1, 0.15) is 28.5 Å². The van der Waals surface area contributed by atoms with Gasteiger partial charge in [-0.25, -0.2) is 9.59 Å². The summed E-state index contributed by atoms with van der Waals surface area (Å²) in [7, 11) is 0. The molecule has 0 amide bonds. The fraction of sp³-hybridized carbons (Fsp3) is 0.267. The molecule has 0 aliphatic heterocycles. The Morgan fingerprint density at radius 1 is 1.36 bits per heavy atom. The van der Waals surface area contributed by atoms with E-state index in [0.717, 1.165) is 10.0 Å². The normalized spacial score (nSPS) is 10.5. The summed E-state index contributed by atoms with van der Waals surface area (Å²) >= 11 is 4.72. The second kappa shape index (κ2) is 7.60. The zero-order valence-electron chi connectivity index (χ0n) is 12.2. The van der Waals surface area contributed by atoms with Gasteiger partial charge in [0.1, 0.15) is 10.6 Å². The van der Waals surface area contributed by atoms with Gasteiger partial charge in [0.15, 0.2) is 0 Å². The number of aromatic amines is 1. The van der Waals surface area contributed by atoms with Crippen molar-refractivity contribution < 1.29 is 9.53 Å². The molecule has 0 saturated heterocycles. The van der Waals surface area contributed by atoms with Gasteiger partial charge in [-0.2, -0.15) is 4.98 Å². The van der Waals surface area contributed by atoms with Gasteiger partial charge in [0.25, 0.3) is 0 Å². The SMILES string of the molecule is CCOC(=O)c1c(SCc2ccc(Br)cc2)nc(=O)[nH]c1C. The van der Waals surface area contributed by atoms with Crippen LogP contribution in [0.25, 0.3) is 0 Å². The molecule has 5 nitrogen and oxygen atoms in total. The zero-order valence-corrected chi connectivity index (χ0v) is 14.6. The van der Waals surface area contributed by atoms with Crippen LogP contribution in [0.5, 0.6) is 0 Å². The van der Waals surface area contributed by atoms with Crippen molar-refractivity contribution in [1.82, 2.24) is 9.97 Å². The standard InChI is InChI=1S/C15H15BrN2O3S/c1-3-21-14(19)12-9(2)17-15(20)18-13(12)22-8-10-4-6-11(16)7-5-10/h4-7H,3,8H2,1-2H3,(H,17,18,20). The van der Waals surface area contributed by atoms with Gasteiger partial charge in [0.2, 0.25) is 0 Å². The van der Waals surface area contributed by atoms with E-state index in [4.69, 9.17) is 4.74 Å². The summed E-state index contributed by atoms with van der Waals surface area (Å²) in [5.74, 6) is 0.136. The lowest BCUT2D eigenvalue weighted by Gasteiger charge is -2.09. The minimum Gasteiger partial charge on any atom is -0.462 e. The van der Waals surface area contributed by atoms with Crippen LogP contribution in [0.4, 0.5) is 0 Å². The third-order valence-electron chi connectivity index (χ3n) is 2.85. The first-order valence-corrected chi connectivity index (χ1v) is 8.44. The summed E-state index contributed by atoms with van der Waals surface area (Å²) in [5.41, 5.74) is 1.40.